The quantitative estimate of drug-likeness (QED) is 0.626. The van der Waals surface area contributed by atoms with Gasteiger partial charge in [-0.15, -0.1) is 0 Å². The lowest BCUT2D eigenvalue weighted by atomic mass is 10.1. The van der Waals surface area contributed by atoms with Gasteiger partial charge in [0.05, 0.1) is 6.10 Å². The van der Waals surface area contributed by atoms with Gasteiger partial charge in [0.1, 0.15) is 0 Å². The Hall–Kier alpha value is -0.710. The molecule has 1 amide bonds. The van der Waals surface area contributed by atoms with Gasteiger partial charge in [0.15, 0.2) is 0 Å². The Labute approximate surface area is 69.0 Å². The monoisotopic (exact) mass is 179 g/mol. The third-order valence-corrected chi connectivity index (χ3v) is 1.89. The number of aliphatic hydroxyl groups is 1. The minimum absolute atomic E-state index is 0.0448. The number of β-amino-alcohol motifs (C(OH)–C–C–N with tert-alkyl or cyclic N) is 1. The number of carbonyl (C=O) groups is 1. The molecule has 0 aromatic rings. The Bertz CT molecular complexity index is 175. The largest absolute Gasteiger partial charge is 0.391 e. The lowest BCUT2D eigenvalue weighted by Gasteiger charge is -2.29. The summed E-state index contributed by atoms with van der Waals surface area (Å²) in [5.74, 6) is -1.17. The fourth-order valence-corrected chi connectivity index (χ4v) is 1.29. The molecule has 12 heavy (non-hydrogen) atoms. The molecule has 1 aliphatic rings. The van der Waals surface area contributed by atoms with Crippen LogP contribution in [0.3, 0.4) is 0 Å². The van der Waals surface area contributed by atoms with Gasteiger partial charge in [-0.3, -0.25) is 4.79 Å². The number of likely N-dealkylation sites (tertiary alicyclic amines) is 1. The molecule has 1 aliphatic heterocycles. The molecule has 0 spiro atoms. The van der Waals surface area contributed by atoms with E-state index in [1.54, 1.807) is 0 Å². The smallest absolute Gasteiger partial charge is 0.315 e. The molecule has 0 aliphatic carbocycles. The maximum Gasteiger partial charge on any atom is 0.315 e. The first-order valence-corrected chi connectivity index (χ1v) is 3.86. The van der Waals surface area contributed by atoms with Gasteiger partial charge in [0.2, 0.25) is 0 Å². The van der Waals surface area contributed by atoms with Crippen molar-refractivity contribution in [1.82, 2.24) is 4.90 Å². The van der Waals surface area contributed by atoms with E-state index in [1.165, 1.54) is 0 Å². The molecular weight excluding hydrogens is 168 g/mol. The number of nitrogens with zero attached hydrogens (tertiary/aromatic N) is 1. The Morgan fingerprint density at radius 3 is 2.75 bits per heavy atom. The highest BCUT2D eigenvalue weighted by atomic mass is 19.3. The number of piperidine rings is 1. The van der Waals surface area contributed by atoms with E-state index in [0.717, 1.165) is 4.90 Å². The van der Waals surface area contributed by atoms with Crippen LogP contribution < -0.4 is 0 Å². The molecule has 1 fully saturated rings. The summed E-state index contributed by atoms with van der Waals surface area (Å²) in [5, 5.41) is 9.07. The highest BCUT2D eigenvalue weighted by Gasteiger charge is 2.27. The van der Waals surface area contributed by atoms with Gasteiger partial charge in [-0.25, -0.2) is 0 Å². The van der Waals surface area contributed by atoms with E-state index in [9.17, 15) is 13.6 Å². The second-order valence-corrected chi connectivity index (χ2v) is 2.88. The van der Waals surface area contributed by atoms with Crippen LogP contribution in [0.15, 0.2) is 0 Å². The molecule has 1 N–H and O–H groups in total. The summed E-state index contributed by atoms with van der Waals surface area (Å²) in [6, 6.07) is 0. The summed E-state index contributed by atoms with van der Waals surface area (Å²) in [6.45, 7) is 0.378. The number of carbonyl (C=O) groups excluding carboxylic acids is 1. The highest BCUT2D eigenvalue weighted by molar-refractivity contribution is 5.79. The fourth-order valence-electron chi connectivity index (χ4n) is 1.29. The van der Waals surface area contributed by atoms with Crippen LogP contribution >= 0.6 is 0 Å². The molecule has 1 unspecified atom stereocenters. The molecule has 1 heterocycles. The van der Waals surface area contributed by atoms with Crippen molar-refractivity contribution in [2.75, 3.05) is 13.1 Å². The van der Waals surface area contributed by atoms with Crippen LogP contribution in [0.5, 0.6) is 0 Å². The van der Waals surface area contributed by atoms with Gasteiger partial charge in [0, 0.05) is 13.1 Å². The summed E-state index contributed by atoms with van der Waals surface area (Å²) >= 11 is 0. The Kier molecular flexibility index (Phi) is 2.97. The lowest BCUT2D eigenvalue weighted by molar-refractivity contribution is -0.145. The van der Waals surface area contributed by atoms with Gasteiger partial charge in [0.25, 0.3) is 5.91 Å². The van der Waals surface area contributed by atoms with E-state index in [2.05, 4.69) is 0 Å². The standard InChI is InChI=1S/C7H11F2NO2/c8-6(9)7(12)10-3-1-2-5(11)4-10/h5-6,11H,1-4H2. The molecule has 1 atom stereocenters. The van der Waals surface area contributed by atoms with E-state index < -0.39 is 18.4 Å². The molecule has 3 nitrogen and oxygen atoms in total. The first-order valence-electron chi connectivity index (χ1n) is 3.86. The highest BCUT2D eigenvalue weighted by Crippen LogP contribution is 2.12. The third-order valence-electron chi connectivity index (χ3n) is 1.89. The predicted octanol–water partition coefficient (Wildman–Crippen LogP) is 0.235. The molecule has 0 radical (unpaired) electrons. The summed E-state index contributed by atoms with van der Waals surface area (Å²) in [7, 11) is 0. The van der Waals surface area contributed by atoms with E-state index in [-0.39, 0.29) is 6.54 Å². The fraction of sp³-hybridized carbons (Fsp3) is 0.857. The van der Waals surface area contributed by atoms with Crippen molar-refractivity contribution in [3.8, 4) is 0 Å². The molecule has 0 aromatic carbocycles. The molecule has 5 heteroatoms. The topological polar surface area (TPSA) is 40.5 Å². The van der Waals surface area contributed by atoms with Crippen LogP contribution in [0, 0.1) is 0 Å². The number of amides is 1. The summed E-state index contributed by atoms with van der Waals surface area (Å²) < 4.78 is 23.7. The van der Waals surface area contributed by atoms with Gasteiger partial charge >= 0.3 is 6.43 Å². The van der Waals surface area contributed by atoms with Crippen molar-refractivity contribution in [3.05, 3.63) is 0 Å². The van der Waals surface area contributed by atoms with Gasteiger partial charge in [-0.2, -0.15) is 8.78 Å². The Balaban J connectivity index is 2.46. The number of hydrogen-bond donors (Lipinski definition) is 1. The van der Waals surface area contributed by atoms with E-state index in [1.807, 2.05) is 0 Å². The number of aliphatic hydroxyl groups excluding tert-OH is 1. The summed E-state index contributed by atoms with van der Waals surface area (Å²) in [4.78, 5) is 11.7. The van der Waals surface area contributed by atoms with Crippen molar-refractivity contribution in [2.24, 2.45) is 0 Å². The van der Waals surface area contributed by atoms with Crippen molar-refractivity contribution in [3.63, 3.8) is 0 Å². The van der Waals surface area contributed by atoms with Crippen LogP contribution in [0.25, 0.3) is 0 Å². The van der Waals surface area contributed by atoms with Gasteiger partial charge in [-0.1, -0.05) is 0 Å². The first-order chi connectivity index (χ1) is 5.61. The molecule has 0 aromatic heterocycles. The number of halogens is 2. The minimum atomic E-state index is -2.95. The number of alkyl halides is 2. The third kappa shape index (κ3) is 2.14. The van der Waals surface area contributed by atoms with Crippen molar-refractivity contribution >= 4 is 5.91 Å². The van der Waals surface area contributed by atoms with E-state index in [0.29, 0.717) is 19.4 Å². The molecule has 1 saturated heterocycles. The predicted molar refractivity (Wildman–Crippen MR) is 37.8 cm³/mol. The number of hydrogen-bond acceptors (Lipinski definition) is 2. The van der Waals surface area contributed by atoms with Crippen LogP contribution in [0.4, 0.5) is 8.78 Å². The van der Waals surface area contributed by atoms with Crippen molar-refractivity contribution in [1.29, 1.82) is 0 Å². The van der Waals surface area contributed by atoms with Crippen LogP contribution in [-0.2, 0) is 4.79 Å². The summed E-state index contributed by atoms with van der Waals surface area (Å²) in [5.41, 5.74) is 0. The Morgan fingerprint density at radius 1 is 1.58 bits per heavy atom. The second kappa shape index (κ2) is 3.80. The lowest BCUT2D eigenvalue weighted by Crippen LogP contribution is -2.44. The zero-order valence-electron chi connectivity index (χ0n) is 6.54. The SMILES string of the molecule is O=C(C(F)F)N1CCCC(O)C1. The molecular formula is C7H11F2NO2. The zero-order chi connectivity index (χ0) is 9.14. The first kappa shape index (κ1) is 9.38. The summed E-state index contributed by atoms with van der Waals surface area (Å²) in [6.07, 6.45) is -2.40. The van der Waals surface area contributed by atoms with E-state index >= 15 is 0 Å². The number of rotatable bonds is 1. The normalized spacial score (nSPS) is 24.7. The maximum atomic E-state index is 11.9. The van der Waals surface area contributed by atoms with Crippen LogP contribution in [0.2, 0.25) is 0 Å². The van der Waals surface area contributed by atoms with Crippen molar-refractivity contribution < 1.29 is 18.7 Å². The van der Waals surface area contributed by atoms with Crippen molar-refractivity contribution in [2.45, 2.75) is 25.4 Å². The van der Waals surface area contributed by atoms with Gasteiger partial charge in [-0.05, 0) is 12.8 Å². The Morgan fingerprint density at radius 2 is 2.25 bits per heavy atom. The van der Waals surface area contributed by atoms with Crippen LogP contribution in [0.1, 0.15) is 12.8 Å². The zero-order valence-corrected chi connectivity index (χ0v) is 6.54. The van der Waals surface area contributed by atoms with Crippen LogP contribution in [-0.4, -0.2) is 41.5 Å². The van der Waals surface area contributed by atoms with E-state index in [4.69, 9.17) is 5.11 Å². The van der Waals surface area contributed by atoms with Gasteiger partial charge < -0.3 is 10.0 Å². The maximum absolute atomic E-state index is 11.9. The molecule has 0 saturated carbocycles. The minimum Gasteiger partial charge on any atom is -0.391 e. The average molecular weight is 179 g/mol. The molecule has 1 rings (SSSR count). The molecule has 0 bridgehead atoms. The average Bonchev–Trinajstić information content (AvgIpc) is 2.03. The molecule has 70 valence electrons. The second-order valence-electron chi connectivity index (χ2n) is 2.88.